The number of hydrogen-bond acceptors (Lipinski definition) is 5. The molecule has 0 aliphatic heterocycles. The summed E-state index contributed by atoms with van der Waals surface area (Å²) >= 11 is 0. The lowest BCUT2D eigenvalue weighted by Crippen LogP contribution is -2.19. The number of amides is 2. The number of aliphatic hydroxyl groups is 1. The molecular weight excluding hydrogens is 298 g/mol. The van der Waals surface area contributed by atoms with Crippen molar-refractivity contribution < 1.29 is 14.3 Å². The average Bonchev–Trinajstić information content (AvgIpc) is 3.09. The zero-order chi connectivity index (χ0) is 16.4. The van der Waals surface area contributed by atoms with E-state index in [1.165, 1.54) is 10.7 Å². The number of urea groups is 1. The van der Waals surface area contributed by atoms with Gasteiger partial charge in [-0.3, -0.25) is 10.00 Å². The molecule has 0 aliphatic carbocycles. The second-order valence-electron chi connectivity index (χ2n) is 4.85. The number of anilines is 2. The molecule has 8 nitrogen and oxygen atoms in total. The van der Waals surface area contributed by atoms with Gasteiger partial charge in [0.05, 0.1) is 0 Å². The van der Waals surface area contributed by atoms with Crippen LogP contribution in [0.15, 0.2) is 34.7 Å². The van der Waals surface area contributed by atoms with E-state index < -0.39 is 6.03 Å². The summed E-state index contributed by atoms with van der Waals surface area (Å²) in [6.45, 7) is -0.182. The van der Waals surface area contributed by atoms with Gasteiger partial charge in [0.25, 0.3) is 0 Å². The first kappa shape index (κ1) is 14.6. The number of hydrogen-bond donors (Lipinski definition) is 3. The number of rotatable bonds is 3. The van der Waals surface area contributed by atoms with E-state index in [2.05, 4.69) is 15.7 Å². The number of aryl methyl sites for hydroxylation is 1. The largest absolute Gasteiger partial charge is 0.459 e. The molecular formula is C15H13N5O3. The van der Waals surface area contributed by atoms with Gasteiger partial charge in [0.1, 0.15) is 29.7 Å². The Morgan fingerprint density at radius 2 is 2.22 bits per heavy atom. The molecule has 3 aromatic rings. The smallest absolute Gasteiger partial charge is 0.324 e. The summed E-state index contributed by atoms with van der Waals surface area (Å²) in [6, 6.07) is 9.80. The molecule has 2 amide bonds. The van der Waals surface area contributed by atoms with Crippen LogP contribution in [-0.2, 0) is 13.7 Å². The monoisotopic (exact) mass is 311 g/mol. The van der Waals surface area contributed by atoms with Crippen molar-refractivity contribution >= 4 is 28.5 Å². The van der Waals surface area contributed by atoms with Crippen molar-refractivity contribution in [2.24, 2.45) is 7.05 Å². The third kappa shape index (κ3) is 3.00. The van der Waals surface area contributed by atoms with Crippen LogP contribution in [0.1, 0.15) is 11.5 Å². The van der Waals surface area contributed by atoms with Gasteiger partial charge in [0.2, 0.25) is 0 Å². The summed E-state index contributed by atoms with van der Waals surface area (Å²) in [5.41, 5.74) is 1.54. The molecule has 0 aliphatic rings. The van der Waals surface area contributed by atoms with E-state index in [4.69, 9.17) is 14.8 Å². The minimum atomic E-state index is -0.474. The molecule has 0 atom stereocenters. The van der Waals surface area contributed by atoms with E-state index in [9.17, 15) is 4.79 Å². The third-order valence-electron chi connectivity index (χ3n) is 3.22. The Morgan fingerprint density at radius 1 is 1.39 bits per heavy atom. The number of fused-ring (bicyclic) bond motifs is 1. The Bertz CT molecular complexity index is 919. The lowest BCUT2D eigenvalue weighted by molar-refractivity contribution is 0.251. The molecule has 3 N–H and O–H groups in total. The molecule has 2 aromatic heterocycles. The first-order valence-corrected chi connectivity index (χ1v) is 6.74. The summed E-state index contributed by atoms with van der Waals surface area (Å²) in [4.78, 5) is 12.0. The maximum atomic E-state index is 12.0. The van der Waals surface area contributed by atoms with Crippen molar-refractivity contribution in [2.75, 3.05) is 10.6 Å². The second kappa shape index (κ2) is 5.82. The minimum Gasteiger partial charge on any atom is -0.459 e. The molecule has 3 rings (SSSR count). The average molecular weight is 311 g/mol. The van der Waals surface area contributed by atoms with E-state index in [0.29, 0.717) is 22.7 Å². The molecule has 0 fully saturated rings. The van der Waals surface area contributed by atoms with Gasteiger partial charge in [-0.05, 0) is 24.3 Å². The molecule has 0 radical (unpaired) electrons. The van der Waals surface area contributed by atoms with Gasteiger partial charge in [0.15, 0.2) is 5.82 Å². The van der Waals surface area contributed by atoms with Crippen LogP contribution in [0.5, 0.6) is 0 Å². The Hall–Kier alpha value is -3.31. The van der Waals surface area contributed by atoms with E-state index >= 15 is 0 Å². The number of aromatic nitrogens is 2. The van der Waals surface area contributed by atoms with Crippen LogP contribution in [0.4, 0.5) is 16.3 Å². The van der Waals surface area contributed by atoms with Gasteiger partial charge >= 0.3 is 6.03 Å². The van der Waals surface area contributed by atoms with Crippen LogP contribution in [0.2, 0.25) is 0 Å². The van der Waals surface area contributed by atoms with Crippen molar-refractivity contribution in [3.63, 3.8) is 0 Å². The third-order valence-corrected chi connectivity index (χ3v) is 3.22. The molecule has 0 saturated carbocycles. The highest BCUT2D eigenvalue weighted by Gasteiger charge is 2.09. The van der Waals surface area contributed by atoms with E-state index in [1.807, 2.05) is 6.07 Å². The predicted molar refractivity (Wildman–Crippen MR) is 82.7 cm³/mol. The number of nitrogens with one attached hydrogen (secondary N) is 2. The maximum Gasteiger partial charge on any atom is 0.324 e. The fourth-order valence-corrected chi connectivity index (χ4v) is 2.17. The zero-order valence-electron chi connectivity index (χ0n) is 12.2. The second-order valence-corrected chi connectivity index (χ2v) is 4.85. The quantitative estimate of drug-likeness (QED) is 0.685. The Balaban J connectivity index is 1.73. The standard InChI is InChI=1S/C15H13N5O3/c1-20-11(7-16)6-14(19-20)18-15(22)17-10-2-3-13-9(4-10)5-12(8-21)23-13/h2-6,21H,8H2,1H3,(H2,17,18,19,22). The number of aliphatic hydroxyl groups excluding tert-OH is 1. The van der Waals surface area contributed by atoms with Gasteiger partial charge in [-0.2, -0.15) is 10.4 Å². The van der Waals surface area contributed by atoms with Crippen LogP contribution in [0.3, 0.4) is 0 Å². The first-order valence-electron chi connectivity index (χ1n) is 6.74. The van der Waals surface area contributed by atoms with Gasteiger partial charge in [0, 0.05) is 24.2 Å². The number of furan rings is 1. The zero-order valence-corrected chi connectivity index (χ0v) is 12.2. The normalized spacial score (nSPS) is 10.5. The predicted octanol–water partition coefficient (Wildman–Crippen LogP) is 2.17. The fourth-order valence-electron chi connectivity index (χ4n) is 2.17. The van der Waals surface area contributed by atoms with Crippen LogP contribution in [-0.4, -0.2) is 20.9 Å². The Morgan fingerprint density at radius 3 is 2.91 bits per heavy atom. The Labute approximate surface area is 130 Å². The molecule has 0 bridgehead atoms. The van der Waals surface area contributed by atoms with Crippen LogP contribution < -0.4 is 10.6 Å². The highest BCUT2D eigenvalue weighted by molar-refractivity contribution is 6.00. The lowest BCUT2D eigenvalue weighted by atomic mass is 10.2. The topological polar surface area (TPSA) is 116 Å². The summed E-state index contributed by atoms with van der Waals surface area (Å²) in [6.07, 6.45) is 0. The van der Waals surface area contributed by atoms with Gasteiger partial charge < -0.3 is 14.8 Å². The fraction of sp³-hybridized carbons (Fsp3) is 0.133. The van der Waals surface area contributed by atoms with E-state index in [1.54, 1.807) is 31.3 Å². The lowest BCUT2D eigenvalue weighted by Gasteiger charge is -2.05. The molecule has 1 aromatic carbocycles. The molecule has 23 heavy (non-hydrogen) atoms. The number of carbonyl (C=O) groups is 1. The number of benzene rings is 1. The van der Waals surface area contributed by atoms with Crippen molar-refractivity contribution in [3.05, 3.63) is 41.8 Å². The minimum absolute atomic E-state index is 0.182. The summed E-state index contributed by atoms with van der Waals surface area (Å²) < 4.78 is 6.76. The van der Waals surface area contributed by atoms with E-state index in [0.717, 1.165) is 5.39 Å². The Kier molecular flexibility index (Phi) is 3.70. The first-order chi connectivity index (χ1) is 11.1. The van der Waals surface area contributed by atoms with Crippen LogP contribution in [0.25, 0.3) is 11.0 Å². The van der Waals surface area contributed by atoms with Gasteiger partial charge in [-0.25, -0.2) is 4.79 Å². The molecule has 0 spiro atoms. The number of nitrogens with zero attached hydrogens (tertiary/aromatic N) is 3. The maximum absolute atomic E-state index is 12.0. The highest BCUT2D eigenvalue weighted by Crippen LogP contribution is 2.23. The SMILES string of the molecule is Cn1nc(NC(=O)Nc2ccc3oc(CO)cc3c2)cc1C#N. The van der Waals surface area contributed by atoms with Crippen LogP contribution in [0, 0.1) is 11.3 Å². The molecule has 2 heterocycles. The summed E-state index contributed by atoms with van der Waals surface area (Å²) in [5.74, 6) is 0.743. The summed E-state index contributed by atoms with van der Waals surface area (Å²) in [5, 5.41) is 27.9. The number of carbonyl (C=O) groups excluding carboxylic acids is 1. The summed E-state index contributed by atoms with van der Waals surface area (Å²) in [7, 11) is 1.62. The van der Waals surface area contributed by atoms with Crippen molar-refractivity contribution in [2.45, 2.75) is 6.61 Å². The van der Waals surface area contributed by atoms with Crippen molar-refractivity contribution in [1.29, 1.82) is 5.26 Å². The highest BCUT2D eigenvalue weighted by atomic mass is 16.4. The number of nitriles is 1. The van der Waals surface area contributed by atoms with Crippen LogP contribution >= 0.6 is 0 Å². The molecule has 8 heteroatoms. The van der Waals surface area contributed by atoms with Crippen molar-refractivity contribution in [1.82, 2.24) is 9.78 Å². The van der Waals surface area contributed by atoms with Gasteiger partial charge in [-0.1, -0.05) is 0 Å². The molecule has 0 saturated heterocycles. The van der Waals surface area contributed by atoms with Gasteiger partial charge in [-0.15, -0.1) is 0 Å². The molecule has 116 valence electrons. The van der Waals surface area contributed by atoms with Crippen molar-refractivity contribution in [3.8, 4) is 6.07 Å². The van der Waals surface area contributed by atoms with E-state index in [-0.39, 0.29) is 12.4 Å². The molecule has 0 unspecified atom stereocenters.